The molecule has 0 radical (unpaired) electrons. The molecule has 0 aromatic carbocycles. The van der Waals surface area contributed by atoms with Crippen molar-refractivity contribution in [2.45, 2.75) is 38.9 Å². The Morgan fingerprint density at radius 1 is 1.58 bits per heavy atom. The fraction of sp³-hybridized carbons (Fsp3) is 0.667. The zero-order valence-corrected chi connectivity index (χ0v) is 10.0. The maximum Gasteiger partial charge on any atom is 0.161 e. The lowest BCUT2D eigenvalue weighted by Gasteiger charge is -2.23. The Labute approximate surface area is 80.5 Å². The van der Waals surface area contributed by atoms with Crippen molar-refractivity contribution >= 4 is 24.2 Å². The van der Waals surface area contributed by atoms with Gasteiger partial charge in [0, 0.05) is 5.54 Å². The molecule has 0 aliphatic rings. The summed E-state index contributed by atoms with van der Waals surface area (Å²) in [7, 11) is -1.85. The molecule has 0 rings (SSSR count). The smallest absolute Gasteiger partial charge is 0.161 e. The molecule has 0 fully saturated rings. The van der Waals surface area contributed by atoms with Gasteiger partial charge in [-0.3, -0.25) is 4.79 Å². The van der Waals surface area contributed by atoms with Crippen LogP contribution in [0.1, 0.15) is 20.3 Å². The van der Waals surface area contributed by atoms with Crippen molar-refractivity contribution in [1.29, 1.82) is 0 Å². The molecule has 1 atom stereocenters. The predicted octanol–water partition coefficient (Wildman–Crippen LogP) is 3.36. The fourth-order valence-electron chi connectivity index (χ4n) is 1.28. The number of allylic oxidation sites excluding steroid dienone is 1. The third-order valence-corrected chi connectivity index (χ3v) is 5.09. The van der Waals surface area contributed by atoms with Crippen molar-refractivity contribution in [1.82, 2.24) is 0 Å². The van der Waals surface area contributed by atoms with Crippen LogP contribution in [-0.2, 0) is 4.79 Å². The van der Waals surface area contributed by atoms with Gasteiger partial charge in [0.05, 0.1) is 0 Å². The summed E-state index contributed by atoms with van der Waals surface area (Å²) < 4.78 is 0. The summed E-state index contributed by atoms with van der Waals surface area (Å²) in [4.78, 5) is 11.6. The summed E-state index contributed by atoms with van der Waals surface area (Å²) in [6.07, 6.45) is 0.828. The van der Waals surface area contributed by atoms with Gasteiger partial charge in [-0.15, -0.1) is 0 Å². The summed E-state index contributed by atoms with van der Waals surface area (Å²) in [6, 6.07) is 0. The quantitative estimate of drug-likeness (QED) is 0.390. The molecule has 0 aromatic rings. The minimum atomic E-state index is -1.85. The van der Waals surface area contributed by atoms with E-state index in [4.69, 9.17) is 11.1 Å². The SMILES string of the molecule is C=C(C)C(=O)C(CC)[Si](C)(C)Cl. The van der Waals surface area contributed by atoms with Gasteiger partial charge in [0.2, 0.25) is 0 Å². The van der Waals surface area contributed by atoms with Crippen molar-refractivity contribution in [2.24, 2.45) is 0 Å². The minimum absolute atomic E-state index is 0.0247. The number of hydrogen-bond donors (Lipinski definition) is 0. The average Bonchev–Trinajstić information content (AvgIpc) is 1.85. The maximum absolute atomic E-state index is 11.6. The number of carbonyl (C=O) groups is 1. The highest BCUT2D eigenvalue weighted by Gasteiger charge is 2.34. The molecule has 0 bridgehead atoms. The van der Waals surface area contributed by atoms with E-state index in [9.17, 15) is 4.79 Å². The van der Waals surface area contributed by atoms with Crippen molar-refractivity contribution in [3.05, 3.63) is 12.2 Å². The number of carbonyl (C=O) groups excluding carboxylic acids is 1. The Morgan fingerprint density at radius 3 is 2.08 bits per heavy atom. The first kappa shape index (κ1) is 11.9. The lowest BCUT2D eigenvalue weighted by Crippen LogP contribution is -2.31. The zero-order chi connectivity index (χ0) is 9.94. The molecule has 1 unspecified atom stereocenters. The van der Waals surface area contributed by atoms with Gasteiger partial charge in [-0.25, -0.2) is 0 Å². The Balaban J connectivity index is 4.58. The maximum atomic E-state index is 11.6. The molecular formula is C9H17ClOSi. The van der Waals surface area contributed by atoms with Crippen molar-refractivity contribution < 1.29 is 4.79 Å². The number of halogens is 1. The lowest BCUT2D eigenvalue weighted by molar-refractivity contribution is -0.115. The molecule has 0 saturated carbocycles. The van der Waals surface area contributed by atoms with Gasteiger partial charge in [0.25, 0.3) is 0 Å². The van der Waals surface area contributed by atoms with Crippen LogP contribution in [-0.4, -0.2) is 13.2 Å². The number of Topliss-reactive ketones (excluding diaryl/α,β-unsaturated/α-hetero) is 1. The third-order valence-electron chi connectivity index (χ3n) is 1.97. The number of ketones is 1. The van der Waals surface area contributed by atoms with E-state index in [-0.39, 0.29) is 11.3 Å². The molecular weight excluding hydrogens is 188 g/mol. The summed E-state index contributed by atoms with van der Waals surface area (Å²) >= 11 is 6.22. The molecule has 0 heterocycles. The molecule has 0 saturated heterocycles. The third kappa shape index (κ3) is 3.11. The highest BCUT2D eigenvalue weighted by Crippen LogP contribution is 2.31. The summed E-state index contributed by atoms with van der Waals surface area (Å²) in [5.74, 6) is 0.143. The first-order valence-corrected chi connectivity index (χ1v) is 8.28. The van der Waals surface area contributed by atoms with E-state index < -0.39 is 7.38 Å². The molecule has 0 N–H and O–H groups in total. The molecule has 0 aliphatic carbocycles. The Bertz CT molecular complexity index is 193. The zero-order valence-electron chi connectivity index (χ0n) is 8.28. The van der Waals surface area contributed by atoms with Crippen LogP contribution in [0.25, 0.3) is 0 Å². The molecule has 1 nitrogen and oxygen atoms in total. The Morgan fingerprint density at radius 2 is 2.00 bits per heavy atom. The van der Waals surface area contributed by atoms with E-state index in [0.717, 1.165) is 6.42 Å². The van der Waals surface area contributed by atoms with Crippen molar-refractivity contribution in [3.8, 4) is 0 Å². The van der Waals surface area contributed by atoms with E-state index in [0.29, 0.717) is 5.57 Å². The van der Waals surface area contributed by atoms with Gasteiger partial charge >= 0.3 is 0 Å². The molecule has 0 aromatic heterocycles. The molecule has 70 valence electrons. The van der Waals surface area contributed by atoms with Crippen LogP contribution < -0.4 is 0 Å². The van der Waals surface area contributed by atoms with Crippen LogP contribution in [0.4, 0.5) is 0 Å². The first-order chi connectivity index (χ1) is 5.30. The van der Waals surface area contributed by atoms with Gasteiger partial charge in [-0.1, -0.05) is 26.6 Å². The largest absolute Gasteiger partial charge is 0.295 e. The van der Waals surface area contributed by atoms with Gasteiger partial charge in [-0.05, 0) is 18.9 Å². The van der Waals surface area contributed by atoms with E-state index in [1.165, 1.54) is 0 Å². The second-order valence-electron chi connectivity index (χ2n) is 3.67. The number of rotatable bonds is 4. The molecule has 0 spiro atoms. The Hall–Kier alpha value is -0.0831. The van der Waals surface area contributed by atoms with Gasteiger partial charge in [0.15, 0.2) is 13.2 Å². The van der Waals surface area contributed by atoms with E-state index in [1.807, 2.05) is 20.0 Å². The van der Waals surface area contributed by atoms with E-state index in [1.54, 1.807) is 6.92 Å². The summed E-state index contributed by atoms with van der Waals surface area (Å²) in [5, 5.41) is 0. The van der Waals surface area contributed by atoms with Crippen LogP contribution in [0.5, 0.6) is 0 Å². The van der Waals surface area contributed by atoms with Gasteiger partial charge in [-0.2, -0.15) is 11.1 Å². The van der Waals surface area contributed by atoms with Crippen LogP contribution in [0.15, 0.2) is 12.2 Å². The second-order valence-corrected chi connectivity index (χ2v) is 10.4. The second kappa shape index (κ2) is 4.24. The molecule has 3 heteroatoms. The van der Waals surface area contributed by atoms with Crippen LogP contribution >= 0.6 is 11.1 Å². The average molecular weight is 205 g/mol. The van der Waals surface area contributed by atoms with Crippen molar-refractivity contribution in [3.63, 3.8) is 0 Å². The first-order valence-electron chi connectivity index (χ1n) is 4.19. The summed E-state index contributed by atoms with van der Waals surface area (Å²) in [5.41, 5.74) is 0.653. The van der Waals surface area contributed by atoms with E-state index in [2.05, 4.69) is 6.58 Å². The van der Waals surface area contributed by atoms with Crippen LogP contribution in [0, 0.1) is 0 Å². The molecule has 12 heavy (non-hydrogen) atoms. The van der Waals surface area contributed by atoms with Gasteiger partial charge < -0.3 is 0 Å². The standard InChI is InChI=1S/C9H17ClOSi/c1-6-8(12(4,5)10)9(11)7(2)3/h8H,2,6H2,1,3-5H3. The van der Waals surface area contributed by atoms with E-state index >= 15 is 0 Å². The fourth-order valence-corrected chi connectivity index (χ4v) is 3.88. The van der Waals surface area contributed by atoms with Crippen molar-refractivity contribution in [2.75, 3.05) is 0 Å². The number of hydrogen-bond acceptors (Lipinski definition) is 1. The monoisotopic (exact) mass is 204 g/mol. The van der Waals surface area contributed by atoms with Crippen LogP contribution in [0.2, 0.25) is 18.6 Å². The predicted molar refractivity (Wildman–Crippen MR) is 57.2 cm³/mol. The Kier molecular flexibility index (Phi) is 4.21. The molecule has 0 aliphatic heterocycles. The topological polar surface area (TPSA) is 17.1 Å². The highest BCUT2D eigenvalue weighted by molar-refractivity contribution is 7.21. The van der Waals surface area contributed by atoms with Gasteiger partial charge in [0.1, 0.15) is 0 Å². The van der Waals surface area contributed by atoms with Crippen LogP contribution in [0.3, 0.4) is 0 Å². The molecule has 0 amide bonds. The normalized spacial score (nSPS) is 14.1. The summed E-state index contributed by atoms with van der Waals surface area (Å²) in [6.45, 7) is 11.4. The minimum Gasteiger partial charge on any atom is -0.295 e. The lowest BCUT2D eigenvalue weighted by atomic mass is 10.1. The highest BCUT2D eigenvalue weighted by atomic mass is 35.6.